The standard InChI is InChI=1S/C31H37NOP/c1-6-34(7-2,8-3)23-33-31-20-14-26-13-19-30(21-27(26)22-31)32(28-15-9-24(4)10-16-28)29-17-11-25(5)12-18-29/h9-22H,6-8,23H2,1-5H3/q+1. The van der Waals surface area contributed by atoms with Crippen LogP contribution in [-0.4, -0.2) is 24.8 Å². The highest BCUT2D eigenvalue weighted by atomic mass is 31.2. The van der Waals surface area contributed by atoms with Gasteiger partial charge in [-0.3, -0.25) is 0 Å². The average molecular weight is 471 g/mol. The van der Waals surface area contributed by atoms with E-state index in [0.717, 1.165) is 29.2 Å². The fraction of sp³-hybridized carbons (Fsp3) is 0.290. The monoisotopic (exact) mass is 470 g/mol. The third-order valence-corrected chi connectivity index (χ3v) is 11.9. The van der Waals surface area contributed by atoms with Crippen LogP contribution in [-0.2, 0) is 0 Å². The quantitative estimate of drug-likeness (QED) is 0.226. The van der Waals surface area contributed by atoms with Crippen LogP contribution in [0, 0.1) is 13.8 Å². The lowest BCUT2D eigenvalue weighted by Crippen LogP contribution is -2.12. The molecule has 0 aromatic heterocycles. The second kappa shape index (κ2) is 10.6. The molecule has 34 heavy (non-hydrogen) atoms. The van der Waals surface area contributed by atoms with Crippen LogP contribution < -0.4 is 9.64 Å². The minimum atomic E-state index is -1.01. The Labute approximate surface area is 205 Å². The molecule has 0 amide bonds. The minimum absolute atomic E-state index is 0.876. The Morgan fingerprint density at radius 3 is 1.62 bits per heavy atom. The summed E-state index contributed by atoms with van der Waals surface area (Å²) < 4.78 is 6.38. The van der Waals surface area contributed by atoms with E-state index in [1.807, 2.05) is 0 Å². The van der Waals surface area contributed by atoms with Crippen LogP contribution in [0.1, 0.15) is 31.9 Å². The number of fused-ring (bicyclic) bond motifs is 1. The summed E-state index contributed by atoms with van der Waals surface area (Å²) in [5.41, 5.74) is 5.99. The van der Waals surface area contributed by atoms with Crippen molar-refractivity contribution in [3.63, 3.8) is 0 Å². The molecule has 0 aliphatic carbocycles. The van der Waals surface area contributed by atoms with Crippen LogP contribution in [0.3, 0.4) is 0 Å². The van der Waals surface area contributed by atoms with Crippen LogP contribution in [0.5, 0.6) is 5.75 Å². The Hall–Kier alpha value is -2.83. The summed E-state index contributed by atoms with van der Waals surface area (Å²) in [6.45, 7) is 11.2. The molecular formula is C31H37NOP+. The maximum atomic E-state index is 6.38. The van der Waals surface area contributed by atoms with Crippen molar-refractivity contribution in [2.45, 2.75) is 34.6 Å². The van der Waals surface area contributed by atoms with Crippen LogP contribution in [0.15, 0.2) is 84.9 Å². The third-order valence-electron chi connectivity index (χ3n) is 7.16. The molecule has 3 heteroatoms. The Morgan fingerprint density at radius 2 is 1.09 bits per heavy atom. The van der Waals surface area contributed by atoms with Crippen molar-refractivity contribution in [2.24, 2.45) is 0 Å². The molecule has 0 spiro atoms. The van der Waals surface area contributed by atoms with Gasteiger partial charge in [-0.1, -0.05) is 47.5 Å². The topological polar surface area (TPSA) is 12.5 Å². The van der Waals surface area contributed by atoms with Gasteiger partial charge in [0.1, 0.15) is 5.75 Å². The first-order valence-corrected chi connectivity index (χ1v) is 14.9. The smallest absolute Gasteiger partial charge is 0.196 e. The minimum Gasteiger partial charge on any atom is -0.460 e. The summed E-state index contributed by atoms with van der Waals surface area (Å²) >= 11 is 0. The highest BCUT2D eigenvalue weighted by Gasteiger charge is 2.32. The van der Waals surface area contributed by atoms with Gasteiger partial charge in [0.2, 0.25) is 0 Å². The molecule has 0 N–H and O–H groups in total. The van der Waals surface area contributed by atoms with Crippen molar-refractivity contribution < 1.29 is 4.74 Å². The van der Waals surface area contributed by atoms with Gasteiger partial charge in [-0.25, -0.2) is 0 Å². The number of hydrogen-bond acceptors (Lipinski definition) is 2. The van der Waals surface area contributed by atoms with Gasteiger partial charge in [-0.2, -0.15) is 0 Å². The fourth-order valence-electron chi connectivity index (χ4n) is 4.43. The molecule has 4 aromatic carbocycles. The molecule has 4 rings (SSSR count). The van der Waals surface area contributed by atoms with Crippen molar-refractivity contribution >= 4 is 35.1 Å². The zero-order valence-corrected chi connectivity index (χ0v) is 22.1. The lowest BCUT2D eigenvalue weighted by atomic mass is 10.1. The summed E-state index contributed by atoms with van der Waals surface area (Å²) in [6.07, 6.45) is 4.62. The molecule has 0 atom stereocenters. The van der Waals surface area contributed by atoms with Gasteiger partial charge in [0.15, 0.2) is 6.35 Å². The maximum Gasteiger partial charge on any atom is 0.196 e. The number of rotatable bonds is 9. The van der Waals surface area contributed by atoms with Gasteiger partial charge < -0.3 is 9.64 Å². The van der Waals surface area contributed by atoms with Gasteiger partial charge >= 0.3 is 0 Å². The number of anilines is 3. The fourth-order valence-corrected chi connectivity index (χ4v) is 6.74. The number of ether oxygens (including phenoxy) is 1. The second-order valence-electron chi connectivity index (χ2n) is 9.26. The van der Waals surface area contributed by atoms with E-state index in [4.69, 9.17) is 4.74 Å². The Bertz CT molecular complexity index is 1170. The normalized spacial score (nSPS) is 11.6. The molecule has 0 aliphatic rings. The van der Waals surface area contributed by atoms with Crippen LogP contribution in [0.2, 0.25) is 0 Å². The molecule has 0 unspecified atom stereocenters. The molecule has 0 bridgehead atoms. The largest absolute Gasteiger partial charge is 0.460 e. The highest BCUT2D eigenvalue weighted by molar-refractivity contribution is 7.75. The molecule has 0 aliphatic heterocycles. The Morgan fingerprint density at radius 1 is 0.588 bits per heavy atom. The molecule has 0 heterocycles. The zero-order chi connectivity index (χ0) is 24.1. The first kappa shape index (κ1) is 24.3. The number of hydrogen-bond donors (Lipinski definition) is 0. The summed E-state index contributed by atoms with van der Waals surface area (Å²) in [4.78, 5) is 2.33. The van der Waals surface area contributed by atoms with Gasteiger partial charge in [0.05, 0.1) is 25.7 Å². The third kappa shape index (κ3) is 5.29. The van der Waals surface area contributed by atoms with Gasteiger partial charge in [0.25, 0.3) is 0 Å². The van der Waals surface area contributed by atoms with E-state index in [0.29, 0.717) is 0 Å². The second-order valence-corrected chi connectivity index (χ2v) is 14.1. The molecule has 4 aromatic rings. The molecule has 0 saturated heterocycles. The molecule has 176 valence electrons. The van der Waals surface area contributed by atoms with E-state index in [-0.39, 0.29) is 0 Å². The van der Waals surface area contributed by atoms with E-state index in [1.165, 1.54) is 40.4 Å². The lowest BCUT2D eigenvalue weighted by molar-refractivity contribution is 0.385. The number of nitrogens with zero attached hydrogens (tertiary/aromatic N) is 1. The van der Waals surface area contributed by atoms with Crippen molar-refractivity contribution in [1.29, 1.82) is 0 Å². The first-order chi connectivity index (χ1) is 16.5. The van der Waals surface area contributed by atoms with Crippen LogP contribution >= 0.6 is 7.26 Å². The van der Waals surface area contributed by atoms with Gasteiger partial charge in [-0.05, 0) is 93.9 Å². The van der Waals surface area contributed by atoms with E-state index < -0.39 is 7.26 Å². The summed E-state index contributed by atoms with van der Waals surface area (Å²) in [7, 11) is -1.01. The number of benzene rings is 4. The Balaban J connectivity index is 1.71. The Kier molecular flexibility index (Phi) is 7.59. The van der Waals surface area contributed by atoms with E-state index in [1.54, 1.807) is 0 Å². The lowest BCUT2D eigenvalue weighted by Gasteiger charge is -2.26. The summed E-state index contributed by atoms with van der Waals surface area (Å²) in [5, 5.41) is 2.43. The summed E-state index contributed by atoms with van der Waals surface area (Å²) in [6, 6.07) is 30.7. The van der Waals surface area contributed by atoms with Crippen molar-refractivity contribution in [3.8, 4) is 5.75 Å². The predicted molar refractivity (Wildman–Crippen MR) is 152 cm³/mol. The van der Waals surface area contributed by atoms with Crippen LogP contribution in [0.25, 0.3) is 10.8 Å². The van der Waals surface area contributed by atoms with Gasteiger partial charge in [-0.15, -0.1) is 0 Å². The van der Waals surface area contributed by atoms with E-state index >= 15 is 0 Å². The molecule has 0 saturated carbocycles. The number of aryl methyl sites for hydroxylation is 2. The van der Waals surface area contributed by atoms with E-state index in [9.17, 15) is 0 Å². The zero-order valence-electron chi connectivity index (χ0n) is 21.2. The molecule has 0 fully saturated rings. The molecule has 2 nitrogen and oxygen atoms in total. The molecule has 0 radical (unpaired) electrons. The van der Waals surface area contributed by atoms with E-state index in [2.05, 4.69) is 124 Å². The van der Waals surface area contributed by atoms with Crippen LogP contribution in [0.4, 0.5) is 17.1 Å². The highest BCUT2D eigenvalue weighted by Crippen LogP contribution is 2.57. The average Bonchev–Trinajstić information content (AvgIpc) is 2.87. The molecular weight excluding hydrogens is 433 g/mol. The van der Waals surface area contributed by atoms with Gasteiger partial charge in [0, 0.05) is 17.1 Å². The van der Waals surface area contributed by atoms with Crippen molar-refractivity contribution in [2.75, 3.05) is 29.7 Å². The SMILES string of the molecule is CC[P+](CC)(CC)COc1ccc2ccc(N(c3ccc(C)cc3)c3ccc(C)cc3)cc2c1. The summed E-state index contributed by atoms with van der Waals surface area (Å²) in [5.74, 6) is 0.974. The maximum absolute atomic E-state index is 6.38. The van der Waals surface area contributed by atoms with Crippen molar-refractivity contribution in [1.82, 2.24) is 0 Å². The first-order valence-electron chi connectivity index (χ1n) is 12.4. The predicted octanol–water partition coefficient (Wildman–Crippen LogP) is 9.34. The van der Waals surface area contributed by atoms with Crippen molar-refractivity contribution in [3.05, 3.63) is 96.1 Å².